The number of nitrogens with zero attached hydrogens (tertiary/aromatic N) is 1. The zero-order valence-corrected chi connectivity index (χ0v) is 18.2. The lowest BCUT2D eigenvalue weighted by Gasteiger charge is -2.12. The number of anilines is 2. The molecule has 3 aromatic carbocycles. The van der Waals surface area contributed by atoms with E-state index in [1.54, 1.807) is 18.5 Å². The van der Waals surface area contributed by atoms with Gasteiger partial charge in [0.15, 0.2) is 0 Å². The maximum absolute atomic E-state index is 12.6. The number of rotatable bonds is 10. The number of pyridine rings is 1. The van der Waals surface area contributed by atoms with Crippen molar-refractivity contribution >= 4 is 17.3 Å². The van der Waals surface area contributed by atoms with Crippen molar-refractivity contribution in [1.82, 2.24) is 10.5 Å². The van der Waals surface area contributed by atoms with E-state index in [1.807, 2.05) is 72.8 Å². The predicted molar refractivity (Wildman–Crippen MR) is 130 cm³/mol. The number of carbonyl (C=O) groups excluding carboxylic acids is 1. The molecular weight excluding hydrogens is 412 g/mol. The average molecular weight is 439 g/mol. The fourth-order valence-electron chi connectivity index (χ4n) is 3.29. The van der Waals surface area contributed by atoms with Gasteiger partial charge in [-0.15, -0.1) is 0 Å². The summed E-state index contributed by atoms with van der Waals surface area (Å²) < 4.78 is 0. The molecule has 0 saturated heterocycles. The molecule has 166 valence electrons. The largest absolute Gasteiger partial charge is 0.381 e. The summed E-state index contributed by atoms with van der Waals surface area (Å²) in [4.78, 5) is 22.1. The smallest absolute Gasteiger partial charge is 0.276 e. The van der Waals surface area contributed by atoms with Crippen LogP contribution in [0.4, 0.5) is 11.4 Å². The molecule has 0 fully saturated rings. The molecule has 6 nitrogen and oxygen atoms in total. The molecule has 0 unspecified atom stereocenters. The number of nitrogens with one attached hydrogen (secondary N) is 3. The Morgan fingerprint density at radius 1 is 0.697 bits per heavy atom. The zero-order valence-electron chi connectivity index (χ0n) is 18.2. The van der Waals surface area contributed by atoms with Gasteiger partial charge in [-0.2, -0.15) is 0 Å². The quantitative estimate of drug-likeness (QED) is 0.298. The molecule has 0 atom stereocenters. The van der Waals surface area contributed by atoms with Gasteiger partial charge in [-0.3, -0.25) is 14.6 Å². The molecule has 1 aromatic heterocycles. The molecule has 1 amide bonds. The van der Waals surface area contributed by atoms with E-state index in [0.717, 1.165) is 29.0 Å². The molecule has 33 heavy (non-hydrogen) atoms. The van der Waals surface area contributed by atoms with Gasteiger partial charge in [-0.05, 0) is 53.1 Å². The molecule has 3 N–H and O–H groups in total. The normalized spacial score (nSPS) is 10.4. The molecule has 1 heterocycles. The van der Waals surface area contributed by atoms with Gasteiger partial charge in [0.25, 0.3) is 5.91 Å². The molecule has 0 bridgehead atoms. The van der Waals surface area contributed by atoms with Gasteiger partial charge in [0.2, 0.25) is 0 Å². The van der Waals surface area contributed by atoms with Crippen LogP contribution in [0.3, 0.4) is 0 Å². The van der Waals surface area contributed by atoms with Crippen molar-refractivity contribution in [2.24, 2.45) is 0 Å². The van der Waals surface area contributed by atoms with E-state index in [9.17, 15) is 4.79 Å². The maximum Gasteiger partial charge on any atom is 0.276 e. The number of para-hydroxylation sites is 2. The Morgan fingerprint density at radius 2 is 1.33 bits per heavy atom. The van der Waals surface area contributed by atoms with Crippen LogP contribution in [0.25, 0.3) is 0 Å². The van der Waals surface area contributed by atoms with Crippen molar-refractivity contribution in [3.63, 3.8) is 0 Å². The summed E-state index contributed by atoms with van der Waals surface area (Å²) in [7, 11) is 0. The van der Waals surface area contributed by atoms with Gasteiger partial charge >= 0.3 is 0 Å². The highest BCUT2D eigenvalue weighted by atomic mass is 16.6. The third-order valence-electron chi connectivity index (χ3n) is 5.10. The number of hydroxylamine groups is 1. The second-order valence-corrected chi connectivity index (χ2v) is 7.51. The minimum atomic E-state index is -0.295. The standard InChI is InChI=1S/C27H26N4O2/c32-27(25-8-4-5-9-26(25)30-19-22-14-16-28-17-15-22)31-33-20-23-12-10-21(11-13-23)18-29-24-6-2-1-3-7-24/h1-17,29-30H,18-20H2,(H,31,32). The Balaban J connectivity index is 1.25. The van der Waals surface area contributed by atoms with Gasteiger partial charge in [0, 0.05) is 36.9 Å². The van der Waals surface area contributed by atoms with Crippen LogP contribution in [0.5, 0.6) is 0 Å². The van der Waals surface area contributed by atoms with Gasteiger partial charge in [-0.1, -0.05) is 54.6 Å². The summed E-state index contributed by atoms with van der Waals surface area (Å²) in [6.45, 7) is 1.62. The number of amides is 1. The summed E-state index contributed by atoms with van der Waals surface area (Å²) in [6.07, 6.45) is 3.49. The van der Waals surface area contributed by atoms with Gasteiger partial charge in [0.1, 0.15) is 0 Å². The first kappa shape index (κ1) is 22.0. The average Bonchev–Trinajstić information content (AvgIpc) is 2.88. The zero-order chi connectivity index (χ0) is 22.7. The number of benzene rings is 3. The first-order valence-corrected chi connectivity index (χ1v) is 10.8. The van der Waals surface area contributed by atoms with Crippen molar-refractivity contribution in [3.8, 4) is 0 Å². The minimum absolute atomic E-state index is 0.282. The Kier molecular flexibility index (Phi) is 7.65. The first-order chi connectivity index (χ1) is 16.3. The fourth-order valence-corrected chi connectivity index (χ4v) is 3.29. The van der Waals surface area contributed by atoms with Gasteiger partial charge in [0.05, 0.1) is 12.2 Å². The molecular formula is C27H26N4O2. The van der Waals surface area contributed by atoms with Crippen LogP contribution in [-0.4, -0.2) is 10.9 Å². The highest BCUT2D eigenvalue weighted by molar-refractivity contribution is 5.99. The topological polar surface area (TPSA) is 75.3 Å². The van der Waals surface area contributed by atoms with E-state index in [-0.39, 0.29) is 12.5 Å². The lowest BCUT2D eigenvalue weighted by Crippen LogP contribution is -2.24. The highest BCUT2D eigenvalue weighted by Gasteiger charge is 2.11. The second kappa shape index (κ2) is 11.5. The van der Waals surface area contributed by atoms with E-state index >= 15 is 0 Å². The second-order valence-electron chi connectivity index (χ2n) is 7.51. The molecule has 0 aliphatic heterocycles. The van der Waals surface area contributed by atoms with E-state index in [0.29, 0.717) is 12.1 Å². The van der Waals surface area contributed by atoms with E-state index in [1.165, 1.54) is 5.56 Å². The lowest BCUT2D eigenvalue weighted by atomic mass is 10.1. The third-order valence-corrected chi connectivity index (χ3v) is 5.10. The maximum atomic E-state index is 12.6. The van der Waals surface area contributed by atoms with Crippen LogP contribution in [0.15, 0.2) is 103 Å². The number of hydrogen-bond acceptors (Lipinski definition) is 5. The molecule has 0 aliphatic carbocycles. The van der Waals surface area contributed by atoms with Crippen LogP contribution in [0, 0.1) is 0 Å². The predicted octanol–water partition coefficient (Wildman–Crippen LogP) is 5.17. The van der Waals surface area contributed by atoms with Crippen LogP contribution >= 0.6 is 0 Å². The number of hydrogen-bond donors (Lipinski definition) is 3. The lowest BCUT2D eigenvalue weighted by molar-refractivity contribution is 0.0234. The van der Waals surface area contributed by atoms with Crippen molar-refractivity contribution < 1.29 is 9.63 Å². The van der Waals surface area contributed by atoms with E-state index in [4.69, 9.17) is 4.84 Å². The van der Waals surface area contributed by atoms with Crippen LogP contribution in [-0.2, 0) is 24.5 Å². The molecule has 6 heteroatoms. The fraction of sp³-hybridized carbons (Fsp3) is 0.111. The van der Waals surface area contributed by atoms with Crippen molar-refractivity contribution in [3.05, 3.63) is 126 Å². The highest BCUT2D eigenvalue weighted by Crippen LogP contribution is 2.16. The number of carbonyl (C=O) groups is 1. The molecule has 0 aliphatic rings. The summed E-state index contributed by atoms with van der Waals surface area (Å²) in [5, 5.41) is 6.68. The molecule has 4 rings (SSSR count). The van der Waals surface area contributed by atoms with Gasteiger partial charge < -0.3 is 10.6 Å². The first-order valence-electron chi connectivity index (χ1n) is 10.8. The molecule has 0 spiro atoms. The summed E-state index contributed by atoms with van der Waals surface area (Å²) in [6, 6.07) is 29.4. The number of aromatic nitrogens is 1. The van der Waals surface area contributed by atoms with Crippen molar-refractivity contribution in [1.29, 1.82) is 0 Å². The Labute approximate surface area is 193 Å². The third kappa shape index (κ3) is 6.66. The SMILES string of the molecule is O=C(NOCc1ccc(CNc2ccccc2)cc1)c1ccccc1NCc1ccncc1. The Morgan fingerprint density at radius 3 is 2.12 bits per heavy atom. The minimum Gasteiger partial charge on any atom is -0.381 e. The van der Waals surface area contributed by atoms with Crippen molar-refractivity contribution in [2.45, 2.75) is 19.7 Å². The summed E-state index contributed by atoms with van der Waals surface area (Å²) in [5.41, 5.74) is 8.12. The summed E-state index contributed by atoms with van der Waals surface area (Å²) >= 11 is 0. The van der Waals surface area contributed by atoms with E-state index < -0.39 is 0 Å². The van der Waals surface area contributed by atoms with Crippen LogP contribution < -0.4 is 16.1 Å². The van der Waals surface area contributed by atoms with E-state index in [2.05, 4.69) is 33.2 Å². The van der Waals surface area contributed by atoms with Crippen molar-refractivity contribution in [2.75, 3.05) is 10.6 Å². The molecule has 0 saturated carbocycles. The Bertz CT molecular complexity index is 1150. The summed E-state index contributed by atoms with van der Waals surface area (Å²) in [5.74, 6) is -0.295. The van der Waals surface area contributed by atoms with Gasteiger partial charge in [-0.25, -0.2) is 5.48 Å². The molecule has 4 aromatic rings. The molecule has 0 radical (unpaired) electrons. The van der Waals surface area contributed by atoms with Crippen LogP contribution in [0.2, 0.25) is 0 Å². The Hall–Kier alpha value is -4.16. The monoisotopic (exact) mass is 438 g/mol. The van der Waals surface area contributed by atoms with Crippen LogP contribution in [0.1, 0.15) is 27.0 Å².